The smallest absolute Gasteiger partial charge is 0.280 e. The molecule has 43 heavy (non-hydrogen) atoms. The Hall–Kier alpha value is -4.21. The van der Waals surface area contributed by atoms with Gasteiger partial charge < -0.3 is 14.8 Å². The molecule has 10 heteroatoms. The number of H-pyrrole nitrogens is 1. The number of anilines is 1. The van der Waals surface area contributed by atoms with Gasteiger partial charge in [-0.15, -0.1) is 11.6 Å². The van der Waals surface area contributed by atoms with Crippen molar-refractivity contribution in [2.24, 2.45) is 5.92 Å². The Bertz CT molecular complexity index is 1720. The number of nitrogens with one attached hydrogen (secondary N) is 2. The summed E-state index contributed by atoms with van der Waals surface area (Å²) in [7, 11) is 1.62. The van der Waals surface area contributed by atoms with Crippen LogP contribution in [-0.4, -0.2) is 44.3 Å². The molecule has 1 fully saturated rings. The lowest BCUT2D eigenvalue weighted by molar-refractivity contribution is -0.0754. The predicted molar refractivity (Wildman–Crippen MR) is 165 cm³/mol. The van der Waals surface area contributed by atoms with E-state index in [2.05, 4.69) is 15.3 Å². The Balaban J connectivity index is 1.53. The second kappa shape index (κ2) is 11.5. The molecule has 3 heterocycles. The lowest BCUT2D eigenvalue weighted by atomic mass is 9.77. The third-order valence-electron chi connectivity index (χ3n) is 8.71. The minimum absolute atomic E-state index is 0.0864. The van der Waals surface area contributed by atoms with Gasteiger partial charge in [-0.05, 0) is 35.2 Å². The van der Waals surface area contributed by atoms with Crippen molar-refractivity contribution >= 4 is 28.7 Å². The summed E-state index contributed by atoms with van der Waals surface area (Å²) in [4.78, 5) is 25.4. The first-order valence-corrected chi connectivity index (χ1v) is 14.8. The molecule has 4 atom stereocenters. The van der Waals surface area contributed by atoms with Crippen molar-refractivity contribution in [2.45, 2.75) is 43.8 Å². The molecule has 8 nitrogen and oxygen atoms in total. The summed E-state index contributed by atoms with van der Waals surface area (Å²) in [5.41, 5.74) is 0.712. The molecule has 1 aliphatic rings. The van der Waals surface area contributed by atoms with Crippen LogP contribution in [0.5, 0.6) is 5.75 Å². The van der Waals surface area contributed by atoms with Crippen LogP contribution >= 0.6 is 11.6 Å². The zero-order chi connectivity index (χ0) is 30.2. The number of aromatic amines is 1. The van der Waals surface area contributed by atoms with E-state index in [0.717, 1.165) is 16.7 Å². The molecule has 6 rings (SSSR count). The maximum absolute atomic E-state index is 15.8. The molecule has 3 aromatic carbocycles. The van der Waals surface area contributed by atoms with Crippen molar-refractivity contribution in [3.05, 3.63) is 118 Å². The van der Waals surface area contributed by atoms with Gasteiger partial charge >= 0.3 is 0 Å². The van der Waals surface area contributed by atoms with Crippen LogP contribution in [0, 0.1) is 5.92 Å². The summed E-state index contributed by atoms with van der Waals surface area (Å²) in [6, 6.07) is 27.6. The topological polar surface area (TPSA) is 94.1 Å². The highest BCUT2D eigenvalue weighted by molar-refractivity contribution is 6.18. The number of methoxy groups -OCH3 is 1. The third-order valence-corrected chi connectivity index (χ3v) is 9.16. The minimum atomic E-state index is -1.37. The van der Waals surface area contributed by atoms with E-state index >= 15 is 4.39 Å². The van der Waals surface area contributed by atoms with Crippen LogP contribution in [0.3, 0.4) is 0 Å². The van der Waals surface area contributed by atoms with Gasteiger partial charge in [0.1, 0.15) is 11.3 Å². The Morgan fingerprint density at radius 2 is 1.65 bits per heavy atom. The zero-order valence-corrected chi connectivity index (χ0v) is 24.9. The van der Waals surface area contributed by atoms with Crippen LogP contribution in [0.2, 0.25) is 0 Å². The summed E-state index contributed by atoms with van der Waals surface area (Å²) in [5.74, 6) is 0.578. The number of rotatable bonds is 9. The Kier molecular flexibility index (Phi) is 7.70. The van der Waals surface area contributed by atoms with Gasteiger partial charge in [0.15, 0.2) is 23.6 Å². The first kappa shape index (κ1) is 28.9. The maximum Gasteiger partial charge on any atom is 0.280 e. The van der Waals surface area contributed by atoms with Gasteiger partial charge in [0.05, 0.1) is 24.9 Å². The highest BCUT2D eigenvalue weighted by atomic mass is 35.5. The second-order valence-corrected chi connectivity index (χ2v) is 11.1. The summed E-state index contributed by atoms with van der Waals surface area (Å²) in [6.07, 6.45) is -0.456. The molecule has 0 unspecified atom stereocenters. The fourth-order valence-electron chi connectivity index (χ4n) is 6.10. The number of hydrogen-bond acceptors (Lipinski definition) is 6. The van der Waals surface area contributed by atoms with Gasteiger partial charge in [0.25, 0.3) is 5.56 Å². The average Bonchev–Trinajstić information content (AvgIpc) is 3.59. The standard InChI is InChI=1S/C33H33ClFN5O3/c1-4-32(19-34)21(2)26(35)30(43-32)40-20-36-27-28(40)37-31(38-29(27)41)39-33(22-11-7-5-8-12-22,23-13-9-6-10-14-23)24-15-17-25(42-3)18-16-24/h5-18,20-21,26,30H,4,19H2,1-3H3,(H2,37,38,39,41)/t21-,26-,30+,32-/m0/s1. The molecule has 0 radical (unpaired) electrons. The number of fused-ring (bicyclic) bond motifs is 1. The van der Waals surface area contributed by atoms with Crippen LogP contribution in [-0.2, 0) is 10.3 Å². The lowest BCUT2D eigenvalue weighted by Gasteiger charge is -2.37. The number of imidazole rings is 1. The fraction of sp³-hybridized carbons (Fsp3) is 0.303. The normalized spacial score (nSPS) is 22.1. The number of hydrogen-bond donors (Lipinski definition) is 2. The van der Waals surface area contributed by atoms with Crippen molar-refractivity contribution < 1.29 is 13.9 Å². The van der Waals surface area contributed by atoms with Gasteiger partial charge in [-0.25, -0.2) is 9.37 Å². The average molecular weight is 602 g/mol. The molecule has 0 saturated carbocycles. The molecule has 2 aromatic heterocycles. The van der Waals surface area contributed by atoms with Crippen LogP contribution in [0.1, 0.15) is 43.2 Å². The van der Waals surface area contributed by atoms with Crippen LogP contribution in [0.15, 0.2) is 96.1 Å². The quantitative estimate of drug-likeness (QED) is 0.150. The lowest BCUT2D eigenvalue weighted by Crippen LogP contribution is -2.39. The van der Waals surface area contributed by atoms with Crippen LogP contribution < -0.4 is 15.6 Å². The number of aromatic nitrogens is 4. The summed E-state index contributed by atoms with van der Waals surface area (Å²) < 4.78 is 29.0. The number of ether oxygens (including phenoxy) is 2. The zero-order valence-electron chi connectivity index (χ0n) is 24.1. The van der Waals surface area contributed by atoms with E-state index in [4.69, 9.17) is 26.1 Å². The van der Waals surface area contributed by atoms with Crippen molar-refractivity contribution in [3.8, 4) is 5.75 Å². The van der Waals surface area contributed by atoms with E-state index < -0.39 is 35.0 Å². The molecule has 1 aliphatic heterocycles. The first-order valence-electron chi connectivity index (χ1n) is 14.3. The number of nitrogens with zero attached hydrogens (tertiary/aromatic N) is 3. The molecule has 2 N–H and O–H groups in total. The second-order valence-electron chi connectivity index (χ2n) is 10.9. The van der Waals surface area contributed by atoms with E-state index in [1.54, 1.807) is 14.0 Å². The van der Waals surface area contributed by atoms with E-state index in [1.165, 1.54) is 10.9 Å². The number of alkyl halides is 2. The monoisotopic (exact) mass is 601 g/mol. The van der Waals surface area contributed by atoms with Crippen LogP contribution in [0.25, 0.3) is 11.2 Å². The Morgan fingerprint density at radius 3 is 2.19 bits per heavy atom. The highest BCUT2D eigenvalue weighted by Crippen LogP contribution is 2.46. The molecule has 1 saturated heterocycles. The Morgan fingerprint density at radius 1 is 1.05 bits per heavy atom. The molecule has 5 aromatic rings. The van der Waals surface area contributed by atoms with E-state index in [1.807, 2.05) is 91.9 Å². The van der Waals surface area contributed by atoms with Gasteiger partial charge in [0.2, 0.25) is 5.95 Å². The maximum atomic E-state index is 15.8. The summed E-state index contributed by atoms with van der Waals surface area (Å²) >= 11 is 6.28. The van der Waals surface area contributed by atoms with Gasteiger partial charge in [-0.3, -0.25) is 14.3 Å². The van der Waals surface area contributed by atoms with Crippen LogP contribution in [0.4, 0.5) is 10.3 Å². The molecule has 222 valence electrons. The van der Waals surface area contributed by atoms with Crippen molar-refractivity contribution in [1.29, 1.82) is 0 Å². The predicted octanol–water partition coefficient (Wildman–Crippen LogP) is 6.42. The van der Waals surface area contributed by atoms with Crippen molar-refractivity contribution in [1.82, 2.24) is 19.5 Å². The first-order chi connectivity index (χ1) is 20.9. The summed E-state index contributed by atoms with van der Waals surface area (Å²) in [5, 5.41) is 3.57. The number of halogens is 2. The van der Waals surface area contributed by atoms with Crippen molar-refractivity contribution in [2.75, 3.05) is 18.3 Å². The molecule has 0 amide bonds. The third kappa shape index (κ3) is 4.77. The van der Waals surface area contributed by atoms with Crippen molar-refractivity contribution in [3.63, 3.8) is 0 Å². The van der Waals surface area contributed by atoms with Gasteiger partial charge in [0, 0.05) is 5.92 Å². The van der Waals surface area contributed by atoms with Gasteiger partial charge in [-0.1, -0.05) is 86.6 Å². The molecule has 0 aliphatic carbocycles. The molecular formula is C33H33ClFN5O3. The minimum Gasteiger partial charge on any atom is -0.497 e. The van der Waals surface area contributed by atoms with E-state index in [0.29, 0.717) is 12.2 Å². The largest absolute Gasteiger partial charge is 0.497 e. The Labute approximate surface area is 253 Å². The summed E-state index contributed by atoms with van der Waals surface area (Å²) in [6.45, 7) is 3.72. The molecule has 0 spiro atoms. The number of benzene rings is 3. The molecule has 0 bridgehead atoms. The van der Waals surface area contributed by atoms with Gasteiger partial charge in [-0.2, -0.15) is 4.98 Å². The SMILES string of the molecule is CC[C@@]1(CCl)O[C@@H](n2cnc3c(=O)[nH]c(NC(c4ccccc4)(c4ccccc4)c4ccc(OC)cc4)nc32)[C@@H](F)[C@@H]1C. The fourth-order valence-corrected chi connectivity index (χ4v) is 6.59. The van der Waals surface area contributed by atoms with E-state index in [-0.39, 0.29) is 23.0 Å². The highest BCUT2D eigenvalue weighted by Gasteiger charge is 2.53. The molecular weight excluding hydrogens is 569 g/mol. The van der Waals surface area contributed by atoms with E-state index in [9.17, 15) is 4.79 Å².